The molecule has 0 spiro atoms. The molecule has 0 aromatic heterocycles. The summed E-state index contributed by atoms with van der Waals surface area (Å²) in [5.41, 5.74) is 3.68. The molecule has 70 valence electrons. The monoisotopic (exact) mass is 173 g/mol. The van der Waals surface area contributed by atoms with Crippen molar-refractivity contribution in [1.82, 2.24) is 0 Å². The van der Waals surface area contributed by atoms with Crippen molar-refractivity contribution in [2.45, 2.75) is 25.9 Å². The van der Waals surface area contributed by atoms with Crippen LogP contribution in [-0.2, 0) is 4.79 Å². The van der Waals surface area contributed by atoms with Gasteiger partial charge in [-0.1, -0.05) is 12.8 Å². The van der Waals surface area contributed by atoms with E-state index in [0.29, 0.717) is 6.42 Å². The highest BCUT2D eigenvalue weighted by Gasteiger charge is 2.10. The van der Waals surface area contributed by atoms with Crippen LogP contribution in [0.3, 0.4) is 0 Å². The molecule has 0 saturated carbocycles. The second-order valence-electron chi connectivity index (χ2n) is 2.37. The van der Waals surface area contributed by atoms with Crippen LogP contribution in [0.1, 0.15) is 20.3 Å². The highest BCUT2D eigenvalue weighted by atomic mass is 16.4. The molecule has 12 heavy (non-hydrogen) atoms. The summed E-state index contributed by atoms with van der Waals surface area (Å²) in [6, 6.07) is 0. The minimum atomic E-state index is -0.968. The maximum Gasteiger partial charge on any atom is 0.317 e. The summed E-state index contributed by atoms with van der Waals surface area (Å²) in [5, 5.41) is 16.5. The molecule has 1 atom stereocenters. The van der Waals surface area contributed by atoms with Gasteiger partial charge in [0.1, 0.15) is 5.60 Å². The molecule has 0 radical (unpaired) electrons. The lowest BCUT2D eigenvalue weighted by Crippen LogP contribution is -2.18. The molecule has 0 rings (SSSR count). The van der Waals surface area contributed by atoms with Crippen LogP contribution in [0.2, 0.25) is 0 Å². The van der Waals surface area contributed by atoms with Crippen molar-refractivity contribution in [3.05, 3.63) is 0 Å². The molecule has 0 saturated heterocycles. The molecule has 4 N–H and O–H groups in total. The summed E-state index contributed by atoms with van der Waals surface area (Å²) in [5.74, 6) is 1.28. The molecule has 0 aliphatic rings. The largest absolute Gasteiger partial charge is 0.480 e. The topological polar surface area (TPSA) is 83.5 Å². The molecule has 0 heterocycles. The van der Waals surface area contributed by atoms with Gasteiger partial charge in [0.15, 0.2) is 0 Å². The Kier molecular flexibility index (Phi) is 7.50. The molecule has 1 unspecified atom stereocenters. The summed E-state index contributed by atoms with van der Waals surface area (Å²) < 4.78 is 0. The molecule has 0 aromatic rings. The van der Waals surface area contributed by atoms with Crippen LogP contribution in [0, 0.1) is 12.3 Å². The summed E-state index contributed by atoms with van der Waals surface area (Å²) in [7, 11) is 0. The van der Waals surface area contributed by atoms with E-state index in [0.717, 1.165) is 0 Å². The van der Waals surface area contributed by atoms with Crippen molar-refractivity contribution in [3.63, 3.8) is 0 Å². The SMILES string of the molecule is C#CC(C)(O)CC.NCC(=O)O. The Morgan fingerprint density at radius 3 is 2.08 bits per heavy atom. The van der Waals surface area contributed by atoms with E-state index >= 15 is 0 Å². The first kappa shape index (κ1) is 13.5. The van der Waals surface area contributed by atoms with E-state index in [1.807, 2.05) is 6.92 Å². The molecule has 0 fully saturated rings. The fourth-order valence-corrected chi connectivity index (χ4v) is 0.102. The van der Waals surface area contributed by atoms with Gasteiger partial charge in [-0.05, 0) is 13.3 Å². The number of hydrogen-bond donors (Lipinski definition) is 3. The maximum absolute atomic E-state index is 9.24. The normalized spacial score (nSPS) is 13.2. The quantitative estimate of drug-likeness (QED) is 0.505. The first-order chi connectivity index (χ1) is 5.39. The first-order valence-electron chi connectivity index (χ1n) is 3.51. The Balaban J connectivity index is 0. The van der Waals surface area contributed by atoms with Crippen LogP contribution in [0.25, 0.3) is 0 Å². The van der Waals surface area contributed by atoms with E-state index in [1.165, 1.54) is 0 Å². The third-order valence-corrected chi connectivity index (χ3v) is 1.17. The third-order valence-electron chi connectivity index (χ3n) is 1.17. The van der Waals surface area contributed by atoms with Gasteiger partial charge in [-0.2, -0.15) is 0 Å². The lowest BCUT2D eigenvalue weighted by Gasteiger charge is -2.10. The van der Waals surface area contributed by atoms with Crippen LogP contribution >= 0.6 is 0 Å². The van der Waals surface area contributed by atoms with Crippen LogP contribution in [0.15, 0.2) is 0 Å². The van der Waals surface area contributed by atoms with Gasteiger partial charge in [0, 0.05) is 0 Å². The van der Waals surface area contributed by atoms with Crippen LogP contribution < -0.4 is 5.73 Å². The van der Waals surface area contributed by atoms with E-state index in [-0.39, 0.29) is 6.54 Å². The Morgan fingerprint density at radius 2 is 2.08 bits per heavy atom. The lowest BCUT2D eigenvalue weighted by atomic mass is 10.1. The van der Waals surface area contributed by atoms with Crippen molar-refractivity contribution in [3.8, 4) is 12.3 Å². The van der Waals surface area contributed by atoms with Crippen LogP contribution in [-0.4, -0.2) is 28.3 Å². The highest BCUT2D eigenvalue weighted by molar-refractivity contribution is 5.68. The number of carbonyl (C=O) groups is 1. The zero-order chi connectivity index (χ0) is 10.2. The zero-order valence-corrected chi connectivity index (χ0v) is 7.37. The Morgan fingerprint density at radius 1 is 1.75 bits per heavy atom. The van der Waals surface area contributed by atoms with E-state index in [9.17, 15) is 4.79 Å². The molecule has 4 heteroatoms. The average molecular weight is 173 g/mol. The van der Waals surface area contributed by atoms with Gasteiger partial charge >= 0.3 is 5.97 Å². The number of rotatable bonds is 2. The van der Waals surface area contributed by atoms with E-state index < -0.39 is 11.6 Å². The maximum atomic E-state index is 9.24. The van der Waals surface area contributed by atoms with Gasteiger partial charge in [-0.15, -0.1) is 6.42 Å². The molecule has 0 bridgehead atoms. The number of nitrogens with two attached hydrogens (primary N) is 1. The van der Waals surface area contributed by atoms with E-state index in [1.54, 1.807) is 6.92 Å². The van der Waals surface area contributed by atoms with Crippen molar-refractivity contribution in [2.75, 3.05) is 6.54 Å². The van der Waals surface area contributed by atoms with Gasteiger partial charge in [0.2, 0.25) is 0 Å². The minimum Gasteiger partial charge on any atom is -0.480 e. The van der Waals surface area contributed by atoms with Crippen LogP contribution in [0.4, 0.5) is 0 Å². The molecular formula is C8H15NO3. The van der Waals surface area contributed by atoms with Crippen molar-refractivity contribution in [1.29, 1.82) is 0 Å². The molecule has 0 amide bonds. The number of carboxylic acids is 1. The lowest BCUT2D eigenvalue weighted by molar-refractivity contribution is -0.135. The zero-order valence-electron chi connectivity index (χ0n) is 7.37. The van der Waals surface area contributed by atoms with Crippen molar-refractivity contribution in [2.24, 2.45) is 5.73 Å². The molecular weight excluding hydrogens is 158 g/mol. The Labute approximate surface area is 72.4 Å². The fourth-order valence-electron chi connectivity index (χ4n) is 0.102. The molecule has 0 aromatic carbocycles. The van der Waals surface area contributed by atoms with Crippen molar-refractivity contribution < 1.29 is 15.0 Å². The van der Waals surface area contributed by atoms with E-state index in [4.69, 9.17) is 16.6 Å². The Bertz CT molecular complexity index is 170. The predicted molar refractivity (Wildman–Crippen MR) is 46.4 cm³/mol. The molecule has 4 nitrogen and oxygen atoms in total. The van der Waals surface area contributed by atoms with Gasteiger partial charge in [0.05, 0.1) is 6.54 Å². The summed E-state index contributed by atoms with van der Waals surface area (Å²) in [4.78, 5) is 9.24. The highest BCUT2D eigenvalue weighted by Crippen LogP contribution is 2.03. The average Bonchev–Trinajstić information content (AvgIpc) is 2.05. The second-order valence-corrected chi connectivity index (χ2v) is 2.37. The Hall–Kier alpha value is -1.05. The molecule has 0 aliphatic carbocycles. The van der Waals surface area contributed by atoms with Gasteiger partial charge < -0.3 is 15.9 Å². The summed E-state index contributed by atoms with van der Waals surface area (Å²) >= 11 is 0. The third kappa shape index (κ3) is 11.7. The second kappa shape index (κ2) is 6.65. The summed E-state index contributed by atoms with van der Waals surface area (Å²) in [6.07, 6.45) is 5.53. The number of terminal acetylenes is 1. The first-order valence-corrected chi connectivity index (χ1v) is 3.51. The van der Waals surface area contributed by atoms with Crippen molar-refractivity contribution >= 4 is 5.97 Å². The number of aliphatic carboxylic acids is 1. The smallest absolute Gasteiger partial charge is 0.317 e. The van der Waals surface area contributed by atoms with Gasteiger partial charge in [-0.25, -0.2) is 0 Å². The standard InChI is InChI=1S/C6H10O.C2H5NO2/c1-4-6(3,7)5-2;3-1-2(4)5/h1,7H,5H2,2-3H3;1,3H2,(H,4,5). The fraction of sp³-hybridized carbons (Fsp3) is 0.625. The van der Waals surface area contributed by atoms with E-state index in [2.05, 4.69) is 11.7 Å². The predicted octanol–water partition coefficient (Wildman–Crippen LogP) is -0.190. The number of carboxylic acid groups (broad SMARTS) is 1. The van der Waals surface area contributed by atoms with Gasteiger partial charge in [0.25, 0.3) is 0 Å². The number of hydrogen-bond acceptors (Lipinski definition) is 3. The number of aliphatic hydroxyl groups is 1. The summed E-state index contributed by atoms with van der Waals surface area (Å²) in [6.45, 7) is 3.19. The van der Waals surface area contributed by atoms with Gasteiger partial charge in [-0.3, -0.25) is 4.79 Å². The van der Waals surface area contributed by atoms with Crippen LogP contribution in [0.5, 0.6) is 0 Å². The minimum absolute atomic E-state index is 0.278. The molecule has 0 aliphatic heterocycles.